The predicted molar refractivity (Wildman–Crippen MR) is 193 cm³/mol. The van der Waals surface area contributed by atoms with Crippen LogP contribution < -0.4 is 10.1 Å². The van der Waals surface area contributed by atoms with E-state index in [2.05, 4.69) is 49.2 Å². The van der Waals surface area contributed by atoms with Crippen molar-refractivity contribution in [1.82, 2.24) is 34.8 Å². The first-order valence-corrected chi connectivity index (χ1v) is 18.4. The Hall–Kier alpha value is -6.11. The number of aryl methyl sites for hydroxylation is 1. The predicted octanol–water partition coefficient (Wildman–Crippen LogP) is 3.63. The molecule has 6 heterocycles. The lowest BCUT2D eigenvalue weighted by Gasteiger charge is -2.29. The number of nitrogens with zero attached hydrogens (tertiary/aromatic N) is 6. The van der Waals surface area contributed by atoms with Crippen LogP contribution in [0.25, 0.3) is 5.00 Å². The fraction of sp³-hybridized carbons (Fsp3) is 0.308. The lowest BCUT2D eigenvalue weighted by atomic mass is 10.0. The standard InChI is InChI=1S/C39H35N7O7S/c1-24-42-43-34-23-51-22-30-28(17-25-7-3-2-4-8-25)33(54-39(30)46(24)34)13-11-26-18-40-44(19-26)21-36(48)53-16-6-15-52-32-10-5-9-27-29(32)20-45(38(27)50)31-12-14-35(47)41-37(31)49/h2-5,7-10,18-19,31H,6,12,14-17,20-23H2,1H3,(H,41,47,49). The van der Waals surface area contributed by atoms with E-state index in [1.807, 2.05) is 25.1 Å². The summed E-state index contributed by atoms with van der Waals surface area (Å²) in [6.45, 7) is 3.29. The summed E-state index contributed by atoms with van der Waals surface area (Å²) in [7, 11) is 0. The number of carbonyl (C=O) groups is 4. The van der Waals surface area contributed by atoms with Gasteiger partial charge in [0.05, 0.1) is 43.0 Å². The van der Waals surface area contributed by atoms with Crippen molar-refractivity contribution >= 4 is 35.0 Å². The van der Waals surface area contributed by atoms with Gasteiger partial charge in [0.15, 0.2) is 5.82 Å². The summed E-state index contributed by atoms with van der Waals surface area (Å²) in [4.78, 5) is 52.1. The van der Waals surface area contributed by atoms with Crippen molar-refractivity contribution in [3.63, 3.8) is 0 Å². The Bertz CT molecular complexity index is 2330. The van der Waals surface area contributed by atoms with E-state index in [4.69, 9.17) is 14.2 Å². The van der Waals surface area contributed by atoms with E-state index < -0.39 is 17.9 Å². The first-order chi connectivity index (χ1) is 26.3. The molecule has 15 heteroatoms. The Labute approximate surface area is 314 Å². The van der Waals surface area contributed by atoms with Crippen LogP contribution in [0, 0.1) is 18.8 Å². The average molecular weight is 746 g/mol. The number of aromatic nitrogens is 5. The Morgan fingerprint density at radius 1 is 1.04 bits per heavy atom. The molecule has 8 rings (SSSR count). The van der Waals surface area contributed by atoms with Crippen LogP contribution >= 0.6 is 11.3 Å². The Morgan fingerprint density at radius 2 is 1.91 bits per heavy atom. The van der Waals surface area contributed by atoms with Crippen LogP contribution in [0.2, 0.25) is 0 Å². The van der Waals surface area contributed by atoms with Gasteiger partial charge in [0.25, 0.3) is 5.91 Å². The van der Waals surface area contributed by atoms with Gasteiger partial charge in [-0.1, -0.05) is 48.2 Å². The van der Waals surface area contributed by atoms with Gasteiger partial charge in [0.1, 0.15) is 35.8 Å². The number of carbonyl (C=O) groups excluding carboxylic acids is 4. The van der Waals surface area contributed by atoms with Gasteiger partial charge in [-0.25, -0.2) is 0 Å². The number of ether oxygens (including phenoxy) is 3. The molecular weight excluding hydrogens is 711 g/mol. The van der Waals surface area contributed by atoms with Crippen LogP contribution in [0.15, 0.2) is 60.9 Å². The Morgan fingerprint density at radius 3 is 2.76 bits per heavy atom. The SMILES string of the molecule is Cc1nnc2n1-c1sc(C#Cc3cnn(CC(=O)OCCCOc4cccc5c4CN(C4CCC(=O)NC4=O)C5=O)c3)c(Cc3ccccc3)c1COC2. The van der Waals surface area contributed by atoms with Crippen LogP contribution in [0.3, 0.4) is 0 Å². The molecule has 0 aliphatic carbocycles. The number of amides is 3. The summed E-state index contributed by atoms with van der Waals surface area (Å²) in [5.41, 5.74) is 5.18. The number of esters is 1. The van der Waals surface area contributed by atoms with Crippen molar-refractivity contribution in [2.24, 2.45) is 0 Å². The lowest BCUT2D eigenvalue weighted by molar-refractivity contribution is -0.145. The number of imide groups is 1. The van der Waals surface area contributed by atoms with Gasteiger partial charge in [-0.05, 0) is 43.0 Å². The van der Waals surface area contributed by atoms with Crippen molar-refractivity contribution in [3.8, 4) is 22.6 Å². The molecule has 0 radical (unpaired) electrons. The van der Waals surface area contributed by atoms with Gasteiger partial charge < -0.3 is 19.1 Å². The minimum atomic E-state index is -0.702. The monoisotopic (exact) mass is 745 g/mol. The molecule has 1 fully saturated rings. The highest BCUT2D eigenvalue weighted by Crippen LogP contribution is 2.37. The lowest BCUT2D eigenvalue weighted by Crippen LogP contribution is -2.52. The quantitative estimate of drug-likeness (QED) is 0.0969. The third-order valence-corrected chi connectivity index (χ3v) is 10.7. The van der Waals surface area contributed by atoms with Crippen molar-refractivity contribution in [2.45, 2.75) is 65.0 Å². The number of hydrogen-bond donors (Lipinski definition) is 1. The fourth-order valence-electron chi connectivity index (χ4n) is 6.85. The zero-order valence-corrected chi connectivity index (χ0v) is 30.2. The van der Waals surface area contributed by atoms with Gasteiger partial charge in [0.2, 0.25) is 11.8 Å². The zero-order chi connectivity index (χ0) is 37.2. The summed E-state index contributed by atoms with van der Waals surface area (Å²) in [5.74, 6) is 7.17. The molecule has 3 aliphatic rings. The number of piperidine rings is 1. The highest BCUT2D eigenvalue weighted by Gasteiger charge is 2.40. The molecule has 3 amide bonds. The van der Waals surface area contributed by atoms with Crippen LogP contribution in [-0.2, 0) is 56.6 Å². The molecule has 1 saturated heterocycles. The van der Waals surface area contributed by atoms with Gasteiger partial charge in [-0.2, -0.15) is 5.10 Å². The highest BCUT2D eigenvalue weighted by atomic mass is 32.1. The molecule has 3 aromatic heterocycles. The van der Waals surface area contributed by atoms with E-state index in [1.54, 1.807) is 41.9 Å². The number of fused-ring (bicyclic) bond motifs is 4. The average Bonchev–Trinajstić information content (AvgIpc) is 3.91. The van der Waals surface area contributed by atoms with E-state index in [-0.39, 0.29) is 51.0 Å². The first-order valence-electron chi connectivity index (χ1n) is 17.6. The van der Waals surface area contributed by atoms with Crippen molar-refractivity contribution in [2.75, 3.05) is 13.2 Å². The molecule has 1 unspecified atom stereocenters. The number of rotatable bonds is 10. The molecular formula is C39H35N7O7S. The summed E-state index contributed by atoms with van der Waals surface area (Å²) < 4.78 is 21.0. The first kappa shape index (κ1) is 34.9. The molecule has 54 heavy (non-hydrogen) atoms. The molecule has 1 atom stereocenters. The number of thiophene rings is 1. The summed E-state index contributed by atoms with van der Waals surface area (Å²) in [6, 6.07) is 14.7. The zero-order valence-electron chi connectivity index (χ0n) is 29.4. The van der Waals surface area contributed by atoms with Gasteiger partial charge >= 0.3 is 5.97 Å². The molecule has 5 aromatic rings. The number of hydrogen-bond acceptors (Lipinski definition) is 11. The van der Waals surface area contributed by atoms with E-state index in [1.165, 1.54) is 15.1 Å². The maximum atomic E-state index is 13.1. The minimum Gasteiger partial charge on any atom is -0.493 e. The largest absolute Gasteiger partial charge is 0.493 e. The molecule has 1 N–H and O–H groups in total. The normalized spacial score (nSPS) is 16.1. The fourth-order valence-corrected chi connectivity index (χ4v) is 8.10. The molecule has 0 bridgehead atoms. The van der Waals surface area contributed by atoms with Crippen LogP contribution in [0.1, 0.15) is 74.0 Å². The molecule has 2 aromatic carbocycles. The summed E-state index contributed by atoms with van der Waals surface area (Å²) >= 11 is 1.59. The van der Waals surface area contributed by atoms with Crippen LogP contribution in [0.5, 0.6) is 5.75 Å². The second-order valence-corrected chi connectivity index (χ2v) is 14.1. The molecule has 14 nitrogen and oxygen atoms in total. The smallest absolute Gasteiger partial charge is 0.327 e. The molecule has 274 valence electrons. The van der Waals surface area contributed by atoms with Crippen LogP contribution in [0.4, 0.5) is 0 Å². The van der Waals surface area contributed by atoms with E-state index in [0.29, 0.717) is 48.5 Å². The molecule has 3 aliphatic heterocycles. The summed E-state index contributed by atoms with van der Waals surface area (Å²) in [5, 5.41) is 16.2. The topological polar surface area (TPSA) is 160 Å². The maximum Gasteiger partial charge on any atom is 0.327 e. The third kappa shape index (κ3) is 7.13. The molecule has 0 spiro atoms. The van der Waals surface area contributed by atoms with Gasteiger partial charge in [-0.3, -0.25) is 33.7 Å². The maximum absolute atomic E-state index is 13.1. The van der Waals surface area contributed by atoms with Crippen LogP contribution in [-0.4, -0.2) is 72.4 Å². The molecule has 0 saturated carbocycles. The Balaban J connectivity index is 0.863. The number of benzene rings is 2. The van der Waals surface area contributed by atoms with Gasteiger partial charge in [0, 0.05) is 35.7 Å². The van der Waals surface area contributed by atoms with E-state index in [0.717, 1.165) is 32.7 Å². The highest BCUT2D eigenvalue weighted by molar-refractivity contribution is 7.15. The van der Waals surface area contributed by atoms with E-state index >= 15 is 0 Å². The van der Waals surface area contributed by atoms with Crippen molar-refractivity contribution in [1.29, 1.82) is 0 Å². The third-order valence-electron chi connectivity index (χ3n) is 9.48. The van der Waals surface area contributed by atoms with Crippen molar-refractivity contribution in [3.05, 3.63) is 111 Å². The summed E-state index contributed by atoms with van der Waals surface area (Å²) in [6.07, 6.45) is 4.93. The van der Waals surface area contributed by atoms with Gasteiger partial charge in [-0.15, -0.1) is 21.5 Å². The minimum absolute atomic E-state index is 0.0768. The second-order valence-electron chi connectivity index (χ2n) is 13.1. The second kappa shape index (κ2) is 15.1. The van der Waals surface area contributed by atoms with E-state index in [9.17, 15) is 19.2 Å². The van der Waals surface area contributed by atoms with Crippen molar-refractivity contribution < 1.29 is 33.4 Å². The number of nitrogens with one attached hydrogen (secondary N) is 1. The Kier molecular flexibility index (Phi) is 9.77.